The smallest absolute Gasteiger partial charge is 0.403 e. The molecule has 2 aromatic heterocycles. The second-order valence-electron chi connectivity index (χ2n) is 10.6. The molecule has 4 rings (SSSR count). The first-order chi connectivity index (χ1) is 21.4. The lowest BCUT2D eigenvalue weighted by atomic mass is 10.0. The largest absolute Gasteiger partial charge is 0.573 e. The van der Waals surface area contributed by atoms with Gasteiger partial charge >= 0.3 is 12.1 Å². The van der Waals surface area contributed by atoms with Gasteiger partial charge in [-0.05, 0) is 74.1 Å². The first-order valence-corrected chi connectivity index (χ1v) is 14.3. The Morgan fingerprint density at radius 3 is 2.58 bits per heavy atom. The minimum absolute atomic E-state index is 0.136. The molecular formula is C31H36F4N6O4. The van der Waals surface area contributed by atoms with E-state index in [1.54, 1.807) is 19.1 Å². The van der Waals surface area contributed by atoms with Gasteiger partial charge in [-0.1, -0.05) is 12.1 Å². The van der Waals surface area contributed by atoms with Crippen molar-refractivity contribution in [3.05, 3.63) is 76.1 Å². The number of hydrogen-bond donors (Lipinski definition) is 3. The zero-order valence-electron chi connectivity index (χ0n) is 25.0. The van der Waals surface area contributed by atoms with Crippen molar-refractivity contribution < 1.29 is 31.8 Å². The molecule has 0 saturated carbocycles. The van der Waals surface area contributed by atoms with Crippen molar-refractivity contribution in [1.29, 1.82) is 0 Å². The normalized spacial score (nSPS) is 13.0. The SMILES string of the molecule is COCC(N)CCCc1cc(OC(F)(F)F)c(F)c(-c2cc3cn(-c4ccc(COCCCN=C(C)N)cc4)c(=O)nc3[nH]2)c1. The second-order valence-corrected chi connectivity index (χ2v) is 10.6. The number of aliphatic imine (C=N–C) groups is 1. The predicted molar refractivity (Wildman–Crippen MR) is 163 cm³/mol. The van der Waals surface area contributed by atoms with E-state index in [1.807, 2.05) is 12.1 Å². The van der Waals surface area contributed by atoms with Crippen LogP contribution in [0, 0.1) is 5.82 Å². The van der Waals surface area contributed by atoms with Gasteiger partial charge in [0.1, 0.15) is 5.65 Å². The Hall–Kier alpha value is -4.27. The third-order valence-corrected chi connectivity index (χ3v) is 6.84. The highest BCUT2D eigenvalue weighted by molar-refractivity contribution is 5.83. The van der Waals surface area contributed by atoms with Crippen molar-refractivity contribution in [3.63, 3.8) is 0 Å². The van der Waals surface area contributed by atoms with E-state index in [0.29, 0.717) is 68.1 Å². The molecule has 14 heteroatoms. The Labute approximate surface area is 257 Å². The number of nitrogens with two attached hydrogens (primary N) is 2. The summed E-state index contributed by atoms with van der Waals surface area (Å²) < 4.78 is 70.8. The molecule has 0 saturated heterocycles. The summed E-state index contributed by atoms with van der Waals surface area (Å²) in [6, 6.07) is 10.9. The van der Waals surface area contributed by atoms with Crippen molar-refractivity contribution >= 4 is 16.9 Å². The molecule has 0 aliphatic rings. The number of aryl methyl sites for hydroxylation is 1. The summed E-state index contributed by atoms with van der Waals surface area (Å²) in [5.41, 5.74) is 12.9. The van der Waals surface area contributed by atoms with E-state index in [2.05, 4.69) is 19.7 Å². The van der Waals surface area contributed by atoms with Gasteiger partial charge in [0, 0.05) is 43.4 Å². The number of nitrogens with zero attached hydrogens (tertiary/aromatic N) is 3. The van der Waals surface area contributed by atoms with Crippen LogP contribution in [0.15, 0.2) is 58.4 Å². The molecule has 45 heavy (non-hydrogen) atoms. The molecule has 0 amide bonds. The zero-order valence-corrected chi connectivity index (χ0v) is 25.0. The summed E-state index contributed by atoms with van der Waals surface area (Å²) >= 11 is 0. The lowest BCUT2D eigenvalue weighted by Gasteiger charge is -2.15. The summed E-state index contributed by atoms with van der Waals surface area (Å²) in [6.45, 7) is 3.55. The number of aromatic nitrogens is 3. The summed E-state index contributed by atoms with van der Waals surface area (Å²) in [6.07, 6.45) is -1.42. The number of nitrogens with one attached hydrogen (secondary N) is 1. The summed E-state index contributed by atoms with van der Waals surface area (Å²) in [5, 5.41) is 0.445. The summed E-state index contributed by atoms with van der Waals surface area (Å²) in [4.78, 5) is 23.9. The number of hydrogen-bond acceptors (Lipinski definition) is 7. The van der Waals surface area contributed by atoms with Crippen molar-refractivity contribution in [1.82, 2.24) is 14.5 Å². The highest BCUT2D eigenvalue weighted by atomic mass is 19.4. The Kier molecular flexibility index (Phi) is 11.3. The molecule has 0 fully saturated rings. The average Bonchev–Trinajstić information content (AvgIpc) is 3.38. The van der Waals surface area contributed by atoms with Crippen LogP contribution in [0.5, 0.6) is 5.75 Å². The van der Waals surface area contributed by atoms with Crippen molar-refractivity contribution in [2.75, 3.05) is 26.9 Å². The highest BCUT2D eigenvalue weighted by Gasteiger charge is 2.33. The highest BCUT2D eigenvalue weighted by Crippen LogP contribution is 2.35. The van der Waals surface area contributed by atoms with Crippen LogP contribution >= 0.6 is 0 Å². The third kappa shape index (κ3) is 9.61. The van der Waals surface area contributed by atoms with Crippen LogP contribution in [0.4, 0.5) is 17.6 Å². The number of H-pyrrole nitrogens is 1. The van der Waals surface area contributed by atoms with Crippen molar-refractivity contribution in [3.8, 4) is 22.7 Å². The van der Waals surface area contributed by atoms with Gasteiger partial charge < -0.3 is 30.7 Å². The fourth-order valence-corrected chi connectivity index (χ4v) is 4.75. The number of halogens is 4. The fraction of sp³-hybridized carbons (Fsp3) is 0.387. The first-order valence-electron chi connectivity index (χ1n) is 14.3. The van der Waals surface area contributed by atoms with Gasteiger partial charge in [-0.15, -0.1) is 13.2 Å². The van der Waals surface area contributed by atoms with E-state index in [4.69, 9.17) is 20.9 Å². The standard InChI is InChI=1S/C31H36F4N6O4/c1-19(36)38-11-4-12-44-17-20-7-9-24(10-8-20)41-16-22-15-26(39-29(22)40-30(41)42)25-13-21(5-3-6-23(37)18-43-2)14-27(28(25)32)45-31(33,34)35/h7-10,13-16,23H,3-6,11-12,17-18,37H2,1-2H3,(H2,36,38)(H,39,40,42). The second kappa shape index (κ2) is 15.1. The molecule has 2 heterocycles. The van der Waals surface area contributed by atoms with Gasteiger partial charge in [-0.2, -0.15) is 4.98 Å². The Morgan fingerprint density at radius 1 is 1.13 bits per heavy atom. The Balaban J connectivity index is 1.56. The molecule has 0 spiro atoms. The Bertz CT molecular complexity index is 1660. The van der Waals surface area contributed by atoms with E-state index >= 15 is 4.39 Å². The van der Waals surface area contributed by atoms with E-state index in [-0.39, 0.29) is 22.9 Å². The van der Waals surface area contributed by atoms with E-state index in [9.17, 15) is 18.0 Å². The minimum Gasteiger partial charge on any atom is -0.403 e. The maximum Gasteiger partial charge on any atom is 0.573 e. The average molecular weight is 633 g/mol. The molecule has 1 atom stereocenters. The maximum atomic E-state index is 15.4. The lowest BCUT2D eigenvalue weighted by Crippen LogP contribution is -2.25. The maximum absolute atomic E-state index is 15.4. The van der Waals surface area contributed by atoms with E-state index < -0.39 is 23.6 Å². The Morgan fingerprint density at radius 2 is 1.89 bits per heavy atom. The first kappa shape index (κ1) is 33.6. The van der Waals surface area contributed by atoms with Crippen LogP contribution in [0.25, 0.3) is 28.0 Å². The number of methoxy groups -OCH3 is 1. The molecule has 0 bridgehead atoms. The van der Waals surface area contributed by atoms with Crippen LogP contribution in [0.2, 0.25) is 0 Å². The molecule has 5 N–H and O–H groups in total. The van der Waals surface area contributed by atoms with Crippen LogP contribution in [-0.4, -0.2) is 59.6 Å². The zero-order chi connectivity index (χ0) is 32.6. The topological polar surface area (TPSA) is 143 Å². The number of fused-ring (bicyclic) bond motifs is 1. The van der Waals surface area contributed by atoms with Crippen LogP contribution in [0.1, 0.15) is 37.3 Å². The van der Waals surface area contributed by atoms with Gasteiger partial charge in [0.25, 0.3) is 0 Å². The number of rotatable bonds is 15. The van der Waals surface area contributed by atoms with Crippen molar-refractivity contribution in [2.45, 2.75) is 51.6 Å². The van der Waals surface area contributed by atoms with E-state index in [0.717, 1.165) is 18.1 Å². The molecular weight excluding hydrogens is 596 g/mol. The van der Waals surface area contributed by atoms with E-state index in [1.165, 1.54) is 30.0 Å². The number of amidine groups is 1. The van der Waals surface area contributed by atoms with Gasteiger partial charge in [-0.3, -0.25) is 9.56 Å². The molecule has 2 aromatic carbocycles. The van der Waals surface area contributed by atoms with Crippen LogP contribution in [-0.2, 0) is 22.5 Å². The minimum atomic E-state index is -5.09. The number of benzene rings is 2. The lowest BCUT2D eigenvalue weighted by molar-refractivity contribution is -0.275. The fourth-order valence-electron chi connectivity index (χ4n) is 4.75. The number of alkyl halides is 3. The molecule has 10 nitrogen and oxygen atoms in total. The molecule has 0 aliphatic heterocycles. The third-order valence-electron chi connectivity index (χ3n) is 6.84. The van der Waals surface area contributed by atoms with Gasteiger partial charge in [0.15, 0.2) is 11.6 Å². The summed E-state index contributed by atoms with van der Waals surface area (Å²) in [7, 11) is 1.52. The number of ether oxygens (including phenoxy) is 3. The monoisotopic (exact) mass is 632 g/mol. The molecule has 0 radical (unpaired) electrons. The van der Waals surface area contributed by atoms with Crippen LogP contribution < -0.4 is 21.9 Å². The predicted octanol–water partition coefficient (Wildman–Crippen LogP) is 5.00. The molecule has 4 aromatic rings. The summed E-state index contributed by atoms with van der Waals surface area (Å²) in [5.74, 6) is -1.62. The van der Waals surface area contributed by atoms with Gasteiger partial charge in [0.05, 0.1) is 30.4 Å². The van der Waals surface area contributed by atoms with Gasteiger partial charge in [0.2, 0.25) is 0 Å². The van der Waals surface area contributed by atoms with Crippen LogP contribution in [0.3, 0.4) is 0 Å². The molecule has 0 aliphatic carbocycles. The molecule has 1 unspecified atom stereocenters. The number of aromatic amines is 1. The quantitative estimate of drug-likeness (QED) is 0.0725. The van der Waals surface area contributed by atoms with Gasteiger partial charge in [-0.25, -0.2) is 9.18 Å². The van der Waals surface area contributed by atoms with Crippen molar-refractivity contribution in [2.24, 2.45) is 16.5 Å². The molecule has 242 valence electrons.